The van der Waals surface area contributed by atoms with Crippen molar-refractivity contribution in [1.29, 1.82) is 0 Å². The van der Waals surface area contributed by atoms with Crippen LogP contribution in [0.15, 0.2) is 34.8 Å². The van der Waals surface area contributed by atoms with Gasteiger partial charge in [0.05, 0.1) is 12.2 Å². The first-order chi connectivity index (χ1) is 11.6. The molecule has 1 fully saturated rings. The maximum Gasteiger partial charge on any atom is 0.244 e. The van der Waals surface area contributed by atoms with Gasteiger partial charge in [-0.05, 0) is 26.0 Å². The smallest absolute Gasteiger partial charge is 0.244 e. The summed E-state index contributed by atoms with van der Waals surface area (Å²) in [6.07, 6.45) is 3.52. The molecule has 1 aromatic carbocycles. The van der Waals surface area contributed by atoms with Gasteiger partial charge in [0.15, 0.2) is 5.58 Å². The monoisotopic (exact) mass is 329 g/mol. The Morgan fingerprint density at radius 2 is 2.08 bits per heavy atom. The first kappa shape index (κ1) is 16.7. The van der Waals surface area contributed by atoms with E-state index in [0.717, 1.165) is 25.2 Å². The molecule has 0 radical (unpaired) electrons. The summed E-state index contributed by atoms with van der Waals surface area (Å²) < 4.78 is 11.2. The summed E-state index contributed by atoms with van der Waals surface area (Å²) in [6, 6.07) is 7.52. The average molecular weight is 329 g/mol. The lowest BCUT2D eigenvalue weighted by atomic mass is 10.2. The fourth-order valence-corrected chi connectivity index (χ4v) is 2.97. The zero-order chi connectivity index (χ0) is 16.9. The summed E-state index contributed by atoms with van der Waals surface area (Å²) in [5.74, 6) is 0.286. The third kappa shape index (κ3) is 4.43. The number of fused-ring (bicyclic) bond motifs is 1. The van der Waals surface area contributed by atoms with Crippen LogP contribution in [0.5, 0.6) is 0 Å². The Morgan fingerprint density at radius 1 is 1.33 bits per heavy atom. The van der Waals surface area contributed by atoms with Gasteiger partial charge >= 0.3 is 0 Å². The lowest BCUT2D eigenvalue weighted by molar-refractivity contribution is -0.116. The number of rotatable bonds is 5. The van der Waals surface area contributed by atoms with E-state index in [1.54, 1.807) is 6.08 Å². The molecule has 0 aliphatic carbocycles. The molecule has 0 bridgehead atoms. The third-order valence-corrected chi connectivity index (χ3v) is 3.91. The number of amides is 1. The topological polar surface area (TPSA) is 67.6 Å². The number of ether oxygens (including phenoxy) is 1. The molecular formula is C18H23N3O3. The molecule has 6 nitrogen and oxygen atoms in total. The van der Waals surface area contributed by atoms with Gasteiger partial charge in [0.25, 0.3) is 0 Å². The Balaban J connectivity index is 1.45. The minimum Gasteiger partial charge on any atom is -0.437 e. The van der Waals surface area contributed by atoms with Crippen molar-refractivity contribution in [3.63, 3.8) is 0 Å². The molecule has 3 rings (SSSR count). The molecule has 1 saturated heterocycles. The largest absolute Gasteiger partial charge is 0.437 e. The molecule has 1 amide bonds. The van der Waals surface area contributed by atoms with Crippen LogP contribution in [-0.2, 0) is 9.53 Å². The number of para-hydroxylation sites is 2. The highest BCUT2D eigenvalue weighted by Gasteiger charge is 2.21. The van der Waals surface area contributed by atoms with Crippen LogP contribution in [-0.4, -0.2) is 54.2 Å². The minimum absolute atomic E-state index is 0.147. The first-order valence-corrected chi connectivity index (χ1v) is 8.29. The van der Waals surface area contributed by atoms with Crippen LogP contribution in [0.1, 0.15) is 19.7 Å². The standard InChI is InChI=1S/C18H23N3O3/c1-13-11-21(12-14(2)23-13)10-9-19-17(22)7-8-18-20-15-5-3-4-6-16(15)24-18/h3-8,13-14H,9-12H2,1-2H3,(H,19,22)/b8-7+/t13-,14+. The predicted molar refractivity (Wildman–Crippen MR) is 92.5 cm³/mol. The van der Waals surface area contributed by atoms with E-state index in [9.17, 15) is 4.79 Å². The van der Waals surface area contributed by atoms with E-state index in [0.29, 0.717) is 18.0 Å². The van der Waals surface area contributed by atoms with Crippen molar-refractivity contribution in [1.82, 2.24) is 15.2 Å². The number of morpholine rings is 1. The van der Waals surface area contributed by atoms with Gasteiger partial charge in [-0.2, -0.15) is 0 Å². The number of aromatic nitrogens is 1. The molecule has 2 aromatic rings. The minimum atomic E-state index is -0.147. The zero-order valence-electron chi connectivity index (χ0n) is 14.1. The molecule has 2 atom stereocenters. The number of carbonyl (C=O) groups excluding carboxylic acids is 1. The van der Waals surface area contributed by atoms with E-state index >= 15 is 0 Å². The molecule has 1 aliphatic heterocycles. The fourth-order valence-electron chi connectivity index (χ4n) is 2.97. The second-order valence-electron chi connectivity index (χ2n) is 6.16. The first-order valence-electron chi connectivity index (χ1n) is 8.29. The van der Waals surface area contributed by atoms with Gasteiger partial charge in [0.1, 0.15) is 5.52 Å². The summed E-state index contributed by atoms with van der Waals surface area (Å²) in [7, 11) is 0. The maximum absolute atomic E-state index is 11.9. The molecule has 1 N–H and O–H groups in total. The normalized spacial score (nSPS) is 22.2. The Morgan fingerprint density at radius 3 is 2.83 bits per heavy atom. The quantitative estimate of drug-likeness (QED) is 0.851. The SMILES string of the molecule is C[C@@H]1CN(CCNC(=O)/C=C/c2nc3ccccc3o2)C[C@H](C)O1. The van der Waals surface area contributed by atoms with Gasteiger partial charge < -0.3 is 14.5 Å². The molecule has 24 heavy (non-hydrogen) atoms. The van der Waals surface area contributed by atoms with Crippen molar-refractivity contribution in [2.75, 3.05) is 26.2 Å². The van der Waals surface area contributed by atoms with Crippen molar-refractivity contribution in [3.8, 4) is 0 Å². The molecule has 2 heterocycles. The highest BCUT2D eigenvalue weighted by Crippen LogP contribution is 2.15. The van der Waals surface area contributed by atoms with E-state index in [1.807, 2.05) is 24.3 Å². The van der Waals surface area contributed by atoms with Crippen LogP contribution in [0.2, 0.25) is 0 Å². The number of nitrogens with one attached hydrogen (secondary N) is 1. The van der Waals surface area contributed by atoms with Crippen LogP contribution >= 0.6 is 0 Å². The number of nitrogens with zero attached hydrogens (tertiary/aromatic N) is 2. The second kappa shape index (κ2) is 7.59. The van der Waals surface area contributed by atoms with Gasteiger partial charge in [-0.15, -0.1) is 0 Å². The Hall–Kier alpha value is -2.18. The molecule has 1 aliphatic rings. The molecule has 0 saturated carbocycles. The van der Waals surface area contributed by atoms with Crippen LogP contribution in [0.3, 0.4) is 0 Å². The van der Waals surface area contributed by atoms with Crippen LogP contribution < -0.4 is 5.32 Å². The van der Waals surface area contributed by atoms with Gasteiger partial charge in [-0.25, -0.2) is 4.98 Å². The maximum atomic E-state index is 11.9. The van der Waals surface area contributed by atoms with E-state index in [2.05, 4.69) is 29.0 Å². The lowest BCUT2D eigenvalue weighted by Gasteiger charge is -2.35. The Bertz CT molecular complexity index is 682. The van der Waals surface area contributed by atoms with Crippen molar-refractivity contribution in [3.05, 3.63) is 36.2 Å². The van der Waals surface area contributed by atoms with E-state index in [1.165, 1.54) is 6.08 Å². The number of hydrogen-bond donors (Lipinski definition) is 1. The van der Waals surface area contributed by atoms with Crippen LogP contribution in [0.25, 0.3) is 17.2 Å². The molecular weight excluding hydrogens is 306 g/mol. The van der Waals surface area contributed by atoms with Crippen LogP contribution in [0.4, 0.5) is 0 Å². The summed E-state index contributed by atoms with van der Waals surface area (Å²) in [5.41, 5.74) is 1.50. The van der Waals surface area contributed by atoms with Gasteiger partial charge in [-0.1, -0.05) is 12.1 Å². The van der Waals surface area contributed by atoms with Crippen LogP contribution in [0, 0.1) is 0 Å². The molecule has 1 aromatic heterocycles. The highest BCUT2D eigenvalue weighted by atomic mass is 16.5. The zero-order valence-corrected chi connectivity index (χ0v) is 14.1. The number of hydrogen-bond acceptors (Lipinski definition) is 5. The van der Waals surface area contributed by atoms with Crippen molar-refractivity contribution in [2.24, 2.45) is 0 Å². The third-order valence-electron chi connectivity index (χ3n) is 3.91. The Labute approximate surface area is 141 Å². The lowest BCUT2D eigenvalue weighted by Crippen LogP contribution is -2.47. The number of oxazole rings is 1. The van der Waals surface area contributed by atoms with Crippen molar-refractivity contribution in [2.45, 2.75) is 26.1 Å². The van der Waals surface area contributed by atoms with Gasteiger partial charge in [0.2, 0.25) is 11.8 Å². The summed E-state index contributed by atoms with van der Waals surface area (Å²) >= 11 is 0. The second-order valence-corrected chi connectivity index (χ2v) is 6.16. The summed E-state index contributed by atoms with van der Waals surface area (Å²) in [6.45, 7) is 7.38. The van der Waals surface area contributed by atoms with E-state index in [4.69, 9.17) is 9.15 Å². The molecule has 0 spiro atoms. The van der Waals surface area contributed by atoms with Crippen molar-refractivity contribution < 1.29 is 13.9 Å². The molecule has 128 valence electrons. The van der Waals surface area contributed by atoms with Gasteiger partial charge in [-0.3, -0.25) is 9.69 Å². The van der Waals surface area contributed by atoms with Crippen molar-refractivity contribution >= 4 is 23.1 Å². The summed E-state index contributed by atoms with van der Waals surface area (Å²) in [5, 5.41) is 2.89. The fraction of sp³-hybridized carbons (Fsp3) is 0.444. The van der Waals surface area contributed by atoms with E-state index in [-0.39, 0.29) is 18.1 Å². The average Bonchev–Trinajstić information content (AvgIpc) is 2.95. The Kier molecular flexibility index (Phi) is 5.27. The predicted octanol–water partition coefficient (Wildman–Crippen LogP) is 2.07. The summed E-state index contributed by atoms with van der Waals surface area (Å²) in [4.78, 5) is 18.5. The molecule has 0 unspecified atom stereocenters. The van der Waals surface area contributed by atoms with Gasteiger partial charge in [0, 0.05) is 38.3 Å². The number of carbonyl (C=O) groups is 1. The molecule has 6 heteroatoms. The number of benzene rings is 1. The highest BCUT2D eigenvalue weighted by molar-refractivity contribution is 5.91. The van der Waals surface area contributed by atoms with E-state index < -0.39 is 0 Å².